The first-order valence-electron chi connectivity index (χ1n) is 6.88. The Balaban J connectivity index is 2.59. The molecule has 0 aromatic rings. The molecule has 1 fully saturated rings. The molecule has 1 aliphatic heterocycles. The molecule has 2 atom stereocenters. The van der Waals surface area contributed by atoms with Gasteiger partial charge in [-0.25, -0.2) is 0 Å². The minimum Gasteiger partial charge on any atom is -0.469 e. The van der Waals surface area contributed by atoms with Crippen molar-refractivity contribution in [3.05, 3.63) is 0 Å². The van der Waals surface area contributed by atoms with Crippen LogP contribution in [0.1, 0.15) is 40.5 Å². The molecule has 110 valence electrons. The van der Waals surface area contributed by atoms with Crippen LogP contribution in [0, 0.1) is 5.92 Å². The summed E-state index contributed by atoms with van der Waals surface area (Å²) in [7, 11) is 1.41. The molecule has 1 amide bonds. The largest absolute Gasteiger partial charge is 0.469 e. The molecule has 1 N–H and O–H groups in total. The first-order chi connectivity index (χ1) is 8.74. The molecule has 0 spiro atoms. The van der Waals surface area contributed by atoms with Gasteiger partial charge in [-0.1, -0.05) is 0 Å². The number of nitrogens with zero attached hydrogens (tertiary/aromatic N) is 1. The van der Waals surface area contributed by atoms with E-state index in [0.29, 0.717) is 6.54 Å². The number of carbonyl (C=O) groups is 2. The van der Waals surface area contributed by atoms with Gasteiger partial charge >= 0.3 is 5.97 Å². The lowest BCUT2D eigenvalue weighted by molar-refractivity contribution is -0.148. The highest BCUT2D eigenvalue weighted by Gasteiger charge is 2.32. The lowest BCUT2D eigenvalue weighted by Crippen LogP contribution is -2.53. The monoisotopic (exact) mass is 270 g/mol. The van der Waals surface area contributed by atoms with Gasteiger partial charge in [0.25, 0.3) is 0 Å². The number of nitrogens with one attached hydrogen (secondary N) is 1. The average Bonchev–Trinajstić information content (AvgIpc) is 2.35. The second-order valence-corrected chi connectivity index (χ2v) is 6.27. The predicted molar refractivity (Wildman–Crippen MR) is 73.7 cm³/mol. The molecule has 0 saturated carbocycles. The Morgan fingerprint density at radius 3 is 2.53 bits per heavy atom. The summed E-state index contributed by atoms with van der Waals surface area (Å²) >= 11 is 0. The molecule has 0 radical (unpaired) electrons. The average molecular weight is 270 g/mol. The van der Waals surface area contributed by atoms with Crippen molar-refractivity contribution in [1.29, 1.82) is 0 Å². The Kier molecular flexibility index (Phi) is 5.35. The summed E-state index contributed by atoms with van der Waals surface area (Å²) in [4.78, 5) is 25.8. The van der Waals surface area contributed by atoms with Crippen LogP contribution in [0.15, 0.2) is 0 Å². The third kappa shape index (κ3) is 4.82. The highest BCUT2D eigenvalue weighted by atomic mass is 16.5. The van der Waals surface area contributed by atoms with Gasteiger partial charge in [-0.15, -0.1) is 0 Å². The minimum atomic E-state index is -0.233. The van der Waals surface area contributed by atoms with Crippen molar-refractivity contribution in [3.63, 3.8) is 0 Å². The van der Waals surface area contributed by atoms with Crippen LogP contribution < -0.4 is 5.32 Å². The van der Waals surface area contributed by atoms with Gasteiger partial charge in [0.1, 0.15) is 0 Å². The van der Waals surface area contributed by atoms with E-state index in [1.165, 1.54) is 7.11 Å². The van der Waals surface area contributed by atoms with Crippen LogP contribution in [0.2, 0.25) is 0 Å². The van der Waals surface area contributed by atoms with Crippen molar-refractivity contribution < 1.29 is 14.3 Å². The van der Waals surface area contributed by atoms with E-state index in [-0.39, 0.29) is 29.4 Å². The molecule has 0 bridgehead atoms. The summed E-state index contributed by atoms with van der Waals surface area (Å²) in [5.41, 5.74) is -0.233. The second kappa shape index (κ2) is 6.37. The summed E-state index contributed by atoms with van der Waals surface area (Å²) in [6.07, 6.45) is 1.77. The third-order valence-electron chi connectivity index (χ3n) is 3.41. The Bertz CT molecular complexity index is 336. The smallest absolute Gasteiger partial charge is 0.309 e. The fourth-order valence-corrected chi connectivity index (χ4v) is 2.36. The minimum absolute atomic E-state index is 0.0121. The lowest BCUT2D eigenvalue weighted by Gasteiger charge is -2.36. The van der Waals surface area contributed by atoms with Crippen molar-refractivity contribution in [2.24, 2.45) is 5.92 Å². The number of hydrogen-bond donors (Lipinski definition) is 1. The maximum Gasteiger partial charge on any atom is 0.309 e. The molecule has 0 aromatic heterocycles. The standard InChI is InChI=1S/C14H26N2O3/c1-10(12(17)15-14(2,3)4)16-8-6-7-11(9-16)13(18)19-5/h10-11H,6-9H2,1-5H3,(H,15,17)/t10?,11-/m0/s1. The molecule has 0 aliphatic carbocycles. The topological polar surface area (TPSA) is 58.6 Å². The Morgan fingerprint density at radius 2 is 2.00 bits per heavy atom. The maximum absolute atomic E-state index is 12.1. The molecule has 1 saturated heterocycles. The van der Waals surface area contributed by atoms with Gasteiger partial charge in [0.15, 0.2) is 0 Å². The van der Waals surface area contributed by atoms with E-state index in [9.17, 15) is 9.59 Å². The molecule has 5 heteroatoms. The van der Waals surface area contributed by atoms with Crippen LogP contribution >= 0.6 is 0 Å². The number of ether oxygens (including phenoxy) is 1. The lowest BCUT2D eigenvalue weighted by atomic mass is 9.96. The van der Waals surface area contributed by atoms with Crippen LogP contribution in [0.4, 0.5) is 0 Å². The van der Waals surface area contributed by atoms with Gasteiger partial charge in [0.05, 0.1) is 19.1 Å². The quantitative estimate of drug-likeness (QED) is 0.782. The molecular weight excluding hydrogens is 244 g/mol. The first kappa shape index (κ1) is 16.0. The van der Waals surface area contributed by atoms with Gasteiger partial charge in [-0.2, -0.15) is 0 Å². The van der Waals surface area contributed by atoms with Crippen LogP contribution in [0.5, 0.6) is 0 Å². The molecule has 1 heterocycles. The van der Waals surface area contributed by atoms with Crippen molar-refractivity contribution in [2.75, 3.05) is 20.2 Å². The summed E-state index contributed by atoms with van der Waals surface area (Å²) in [5.74, 6) is -0.269. The molecule has 0 aromatic carbocycles. The Morgan fingerprint density at radius 1 is 1.37 bits per heavy atom. The highest BCUT2D eigenvalue weighted by molar-refractivity contribution is 5.82. The van der Waals surface area contributed by atoms with E-state index in [1.807, 2.05) is 27.7 Å². The summed E-state index contributed by atoms with van der Waals surface area (Å²) in [6, 6.07) is -0.216. The maximum atomic E-state index is 12.1. The van der Waals surface area contributed by atoms with Gasteiger partial charge < -0.3 is 10.1 Å². The summed E-state index contributed by atoms with van der Waals surface area (Å²) in [6.45, 7) is 9.24. The molecule has 1 unspecified atom stereocenters. The van der Waals surface area contributed by atoms with E-state index in [0.717, 1.165) is 19.4 Å². The van der Waals surface area contributed by atoms with E-state index >= 15 is 0 Å². The van der Waals surface area contributed by atoms with E-state index in [1.54, 1.807) is 0 Å². The highest BCUT2D eigenvalue weighted by Crippen LogP contribution is 2.20. The van der Waals surface area contributed by atoms with Gasteiger partial charge in [-0.3, -0.25) is 14.5 Å². The van der Waals surface area contributed by atoms with E-state index in [4.69, 9.17) is 4.74 Å². The summed E-state index contributed by atoms with van der Waals surface area (Å²) < 4.78 is 4.79. The SMILES string of the molecule is COC(=O)[C@H]1CCCN(C(C)C(=O)NC(C)(C)C)C1. The number of esters is 1. The Labute approximate surface area is 115 Å². The zero-order valence-electron chi connectivity index (χ0n) is 12.7. The van der Waals surface area contributed by atoms with E-state index in [2.05, 4.69) is 10.2 Å². The van der Waals surface area contributed by atoms with Crippen molar-refractivity contribution in [1.82, 2.24) is 10.2 Å². The van der Waals surface area contributed by atoms with Gasteiger partial charge in [-0.05, 0) is 47.1 Å². The molecule has 1 rings (SSSR count). The number of likely N-dealkylation sites (tertiary alicyclic amines) is 1. The molecule has 19 heavy (non-hydrogen) atoms. The van der Waals surface area contributed by atoms with Gasteiger partial charge in [0.2, 0.25) is 5.91 Å². The second-order valence-electron chi connectivity index (χ2n) is 6.27. The number of carbonyl (C=O) groups excluding carboxylic acids is 2. The third-order valence-corrected chi connectivity index (χ3v) is 3.41. The van der Waals surface area contributed by atoms with Crippen molar-refractivity contribution >= 4 is 11.9 Å². The van der Waals surface area contributed by atoms with Crippen LogP contribution in [0.25, 0.3) is 0 Å². The van der Waals surface area contributed by atoms with Crippen molar-refractivity contribution in [2.45, 2.75) is 52.1 Å². The number of methoxy groups -OCH3 is 1. The Hall–Kier alpha value is -1.10. The number of piperidine rings is 1. The fraction of sp³-hybridized carbons (Fsp3) is 0.857. The van der Waals surface area contributed by atoms with Crippen molar-refractivity contribution in [3.8, 4) is 0 Å². The number of amides is 1. The fourth-order valence-electron chi connectivity index (χ4n) is 2.36. The summed E-state index contributed by atoms with van der Waals surface area (Å²) in [5, 5.41) is 2.98. The van der Waals surface area contributed by atoms with E-state index < -0.39 is 0 Å². The molecular formula is C14H26N2O3. The zero-order valence-corrected chi connectivity index (χ0v) is 12.7. The van der Waals surface area contributed by atoms with Crippen LogP contribution in [0.3, 0.4) is 0 Å². The number of rotatable bonds is 3. The molecule has 5 nitrogen and oxygen atoms in total. The zero-order chi connectivity index (χ0) is 14.6. The van der Waals surface area contributed by atoms with Crippen LogP contribution in [-0.2, 0) is 14.3 Å². The van der Waals surface area contributed by atoms with Gasteiger partial charge in [0, 0.05) is 12.1 Å². The first-order valence-corrected chi connectivity index (χ1v) is 6.88. The number of hydrogen-bond acceptors (Lipinski definition) is 4. The normalized spacial score (nSPS) is 22.7. The van der Waals surface area contributed by atoms with Crippen LogP contribution in [-0.4, -0.2) is 48.6 Å². The predicted octanol–water partition coefficient (Wildman–Crippen LogP) is 1.17. The molecule has 1 aliphatic rings.